The van der Waals surface area contributed by atoms with Gasteiger partial charge < -0.3 is 35.0 Å². The lowest BCUT2D eigenvalue weighted by Gasteiger charge is -2.54. The molecule has 3 saturated carbocycles. The summed E-state index contributed by atoms with van der Waals surface area (Å²) in [5.41, 5.74) is -6.82. The minimum Gasteiger partial charge on any atom is -0.457 e. The molecule has 3 unspecified atom stereocenters. The summed E-state index contributed by atoms with van der Waals surface area (Å²) in [6.07, 6.45) is -0.880. The minimum absolute atomic E-state index is 0.0806. The molecule has 4 aliphatic carbocycles. The maximum atomic E-state index is 13.6. The fraction of sp³-hybridized carbons (Fsp3) is 0.643. The van der Waals surface area contributed by atoms with Crippen molar-refractivity contribution < 1.29 is 44.6 Å². The van der Waals surface area contributed by atoms with Gasteiger partial charge in [0.1, 0.15) is 22.4 Å². The van der Waals surface area contributed by atoms with Gasteiger partial charge in [-0.2, -0.15) is 0 Å². The van der Waals surface area contributed by atoms with Gasteiger partial charge in [-0.3, -0.25) is 9.59 Å². The molecule has 1 aromatic carbocycles. The van der Waals surface area contributed by atoms with Crippen LogP contribution in [0.25, 0.3) is 0 Å². The predicted molar refractivity (Wildman–Crippen MR) is 128 cm³/mol. The number of hydrogen-bond donors (Lipinski definition) is 5. The Balaban J connectivity index is 1.55. The molecule has 5 aliphatic rings. The van der Waals surface area contributed by atoms with Crippen molar-refractivity contribution in [1.82, 2.24) is 0 Å². The van der Waals surface area contributed by atoms with Gasteiger partial charge in [-0.1, -0.05) is 50.3 Å². The highest BCUT2D eigenvalue weighted by atomic mass is 16.6. The van der Waals surface area contributed by atoms with Crippen LogP contribution < -0.4 is 0 Å². The van der Waals surface area contributed by atoms with E-state index in [4.69, 9.17) is 9.47 Å². The molecule has 1 aromatic rings. The zero-order chi connectivity index (χ0) is 26.8. The van der Waals surface area contributed by atoms with Crippen molar-refractivity contribution >= 4 is 11.8 Å². The van der Waals surface area contributed by atoms with Crippen LogP contribution in [0, 0.1) is 29.1 Å². The Bertz CT molecular complexity index is 1200. The second kappa shape index (κ2) is 7.49. The topological polar surface area (TPSA) is 157 Å². The van der Waals surface area contributed by atoms with E-state index in [-0.39, 0.29) is 12.8 Å². The van der Waals surface area contributed by atoms with Gasteiger partial charge in [0.2, 0.25) is 0 Å². The van der Waals surface area contributed by atoms with Gasteiger partial charge in [0.15, 0.2) is 5.78 Å². The van der Waals surface area contributed by atoms with E-state index in [2.05, 4.69) is 0 Å². The van der Waals surface area contributed by atoms with E-state index < -0.39 is 88.7 Å². The van der Waals surface area contributed by atoms with Crippen LogP contribution >= 0.6 is 0 Å². The molecular weight excluding hydrogens is 480 g/mol. The van der Waals surface area contributed by atoms with Crippen molar-refractivity contribution in [3.63, 3.8) is 0 Å². The summed E-state index contributed by atoms with van der Waals surface area (Å²) >= 11 is 0. The Kier molecular flexibility index (Phi) is 5.09. The first-order valence-corrected chi connectivity index (χ1v) is 12.9. The Labute approximate surface area is 214 Å². The number of carbonyl (C=O) groups is 2. The third-order valence-corrected chi connectivity index (χ3v) is 10.5. The molecule has 0 radical (unpaired) electrons. The Morgan fingerprint density at radius 3 is 2.46 bits per heavy atom. The first kappa shape index (κ1) is 25.2. The number of ether oxygens (including phenoxy) is 2. The van der Waals surface area contributed by atoms with Crippen molar-refractivity contribution in [3.05, 3.63) is 47.5 Å². The monoisotopic (exact) mass is 514 g/mol. The van der Waals surface area contributed by atoms with Gasteiger partial charge in [0.25, 0.3) is 0 Å². The van der Waals surface area contributed by atoms with E-state index in [1.165, 1.54) is 0 Å². The normalized spacial score (nSPS) is 51.1. The van der Waals surface area contributed by atoms with E-state index in [1.807, 2.05) is 6.07 Å². The number of carbonyl (C=O) groups excluding carboxylic acids is 2. The molecule has 200 valence electrons. The molecule has 0 bridgehead atoms. The van der Waals surface area contributed by atoms with Crippen LogP contribution in [0.2, 0.25) is 0 Å². The van der Waals surface area contributed by atoms with Crippen molar-refractivity contribution in [2.45, 2.75) is 68.2 Å². The number of esters is 1. The van der Waals surface area contributed by atoms with Crippen LogP contribution in [-0.2, 0) is 25.5 Å². The lowest BCUT2D eigenvalue weighted by atomic mass is 9.58. The Morgan fingerprint density at radius 1 is 1.16 bits per heavy atom. The summed E-state index contributed by atoms with van der Waals surface area (Å²) in [5, 5.41) is 56.0. The average Bonchev–Trinajstić information content (AvgIpc) is 3.69. The zero-order valence-corrected chi connectivity index (χ0v) is 21.1. The van der Waals surface area contributed by atoms with Crippen LogP contribution in [0.15, 0.2) is 42.0 Å². The Morgan fingerprint density at radius 2 is 1.84 bits per heavy atom. The molecule has 0 aromatic heterocycles. The number of fused-ring (bicyclic) bond motifs is 7. The molecule has 6 rings (SSSR count). The minimum atomic E-state index is -2.04. The van der Waals surface area contributed by atoms with Crippen LogP contribution in [0.5, 0.6) is 0 Å². The van der Waals surface area contributed by atoms with Crippen LogP contribution in [0.4, 0.5) is 0 Å². The van der Waals surface area contributed by atoms with Crippen molar-refractivity contribution in [1.29, 1.82) is 0 Å². The van der Waals surface area contributed by atoms with Crippen LogP contribution in [0.1, 0.15) is 32.8 Å². The highest BCUT2D eigenvalue weighted by molar-refractivity contribution is 6.04. The van der Waals surface area contributed by atoms with Gasteiger partial charge in [0, 0.05) is 29.6 Å². The van der Waals surface area contributed by atoms with Gasteiger partial charge in [0.05, 0.1) is 37.8 Å². The quantitative estimate of drug-likeness (QED) is 0.268. The summed E-state index contributed by atoms with van der Waals surface area (Å²) in [5.74, 6) is -4.73. The number of ketones is 1. The summed E-state index contributed by atoms with van der Waals surface area (Å²) in [6.45, 7) is 3.95. The molecule has 4 fully saturated rings. The molecule has 0 spiro atoms. The first-order valence-electron chi connectivity index (χ1n) is 12.9. The average molecular weight is 515 g/mol. The standard InChI is InChI=1S/C28H34O9/c1-14-9-17-26(34,21(14)32)11-25(13-30)23(37-25)19-20-24(3,12-29)28(20,35)22(33)15(2)27(17,19)36-18(31)10-16-7-5-4-6-8-16/h4-9,15,17,19-20,22-23,29-30,33-35H,10-13H2,1-3H3/t15-,17-,19-,20-,22-,23?,24?,25?,26-,27+,28-/m1/s1. The van der Waals surface area contributed by atoms with Gasteiger partial charge >= 0.3 is 5.97 Å². The molecule has 1 aliphatic heterocycles. The number of rotatable bonds is 5. The zero-order valence-electron chi connectivity index (χ0n) is 21.1. The summed E-state index contributed by atoms with van der Waals surface area (Å²) in [6, 6.07) is 8.99. The lowest BCUT2D eigenvalue weighted by Crippen LogP contribution is -2.68. The third kappa shape index (κ3) is 2.80. The summed E-state index contributed by atoms with van der Waals surface area (Å²) < 4.78 is 12.4. The van der Waals surface area contributed by atoms with E-state index in [1.54, 1.807) is 51.1 Å². The fourth-order valence-corrected chi connectivity index (χ4v) is 8.50. The third-order valence-electron chi connectivity index (χ3n) is 10.5. The highest BCUT2D eigenvalue weighted by Crippen LogP contribution is 2.78. The van der Waals surface area contributed by atoms with E-state index >= 15 is 0 Å². The number of epoxide rings is 1. The number of hydrogen-bond acceptors (Lipinski definition) is 9. The highest BCUT2D eigenvalue weighted by Gasteiger charge is 2.91. The van der Waals surface area contributed by atoms with Gasteiger partial charge in [-0.15, -0.1) is 0 Å². The van der Waals surface area contributed by atoms with Crippen LogP contribution in [0.3, 0.4) is 0 Å². The fourth-order valence-electron chi connectivity index (χ4n) is 8.50. The van der Waals surface area contributed by atoms with Crippen LogP contribution in [-0.4, -0.2) is 85.1 Å². The molecule has 0 amide bonds. The van der Waals surface area contributed by atoms with Crippen molar-refractivity contribution in [3.8, 4) is 0 Å². The second-order valence-electron chi connectivity index (χ2n) is 12.1. The molecule has 11 atom stereocenters. The molecule has 9 heteroatoms. The molecule has 37 heavy (non-hydrogen) atoms. The van der Waals surface area contributed by atoms with E-state index in [9.17, 15) is 35.1 Å². The first-order chi connectivity index (χ1) is 17.4. The molecule has 1 saturated heterocycles. The lowest BCUT2D eigenvalue weighted by molar-refractivity contribution is -0.240. The summed E-state index contributed by atoms with van der Waals surface area (Å²) in [4.78, 5) is 27.0. The molecule has 9 nitrogen and oxygen atoms in total. The maximum absolute atomic E-state index is 13.6. The summed E-state index contributed by atoms with van der Waals surface area (Å²) in [7, 11) is 0. The van der Waals surface area contributed by atoms with Gasteiger partial charge in [-0.25, -0.2) is 0 Å². The number of benzene rings is 1. The molecule has 1 heterocycles. The van der Waals surface area contributed by atoms with E-state index in [0.29, 0.717) is 11.1 Å². The van der Waals surface area contributed by atoms with Gasteiger partial charge in [-0.05, 0) is 18.1 Å². The number of aliphatic hydroxyl groups is 5. The number of aliphatic hydroxyl groups excluding tert-OH is 3. The predicted octanol–water partition coefficient (Wildman–Crippen LogP) is -0.0927. The van der Waals surface area contributed by atoms with E-state index in [0.717, 1.165) is 0 Å². The van der Waals surface area contributed by atoms with Crippen molar-refractivity contribution in [2.24, 2.45) is 29.1 Å². The maximum Gasteiger partial charge on any atom is 0.310 e. The second-order valence-corrected chi connectivity index (χ2v) is 12.1. The molecular formula is C28H34O9. The SMILES string of the molecule is CC1=C[C@H]2[C@@]3(OC(=O)Cc4ccccc4)[C@H](C)[C@@H](O)[C@]4(O)[C@H]([C@@H]3C3OC3(CO)C[C@]2(O)C1=O)C4(C)CO. The smallest absolute Gasteiger partial charge is 0.310 e. The Hall–Kier alpha value is -2.14. The molecule has 5 N–H and O–H groups in total. The number of Topliss-reactive ketones (excluding diaryl/α,β-unsaturated/α-hetero) is 1. The largest absolute Gasteiger partial charge is 0.457 e. The van der Waals surface area contributed by atoms with Crippen molar-refractivity contribution in [2.75, 3.05) is 13.2 Å².